The molecule has 2 N–H and O–H groups in total. The van der Waals surface area contributed by atoms with Crippen molar-refractivity contribution in [2.45, 2.75) is 32.6 Å². The fourth-order valence-electron chi connectivity index (χ4n) is 2.36. The highest BCUT2D eigenvalue weighted by Crippen LogP contribution is 2.25. The van der Waals surface area contributed by atoms with Crippen LogP contribution in [-0.4, -0.2) is 25.7 Å². The lowest BCUT2D eigenvalue weighted by Crippen LogP contribution is -2.31. The van der Waals surface area contributed by atoms with E-state index in [0.717, 1.165) is 38.0 Å². The number of amides is 2. The molecule has 1 fully saturated rings. The maximum atomic E-state index is 13.8. The van der Waals surface area contributed by atoms with E-state index in [0.29, 0.717) is 6.54 Å². The first kappa shape index (κ1) is 14.6. The topological polar surface area (TPSA) is 44.4 Å². The SMILES string of the molecule is CCCNC(=O)Nc1cc(N2CCCCC2)ccc1F. The van der Waals surface area contributed by atoms with E-state index in [4.69, 9.17) is 0 Å². The standard InChI is InChI=1S/C15H22FN3O/c1-2-8-17-15(20)18-14-11-12(6-7-13(14)16)19-9-4-3-5-10-19/h6-7,11H,2-5,8-10H2,1H3,(H2,17,18,20). The van der Waals surface area contributed by atoms with Crippen molar-refractivity contribution in [3.63, 3.8) is 0 Å². The van der Waals surface area contributed by atoms with Crippen LogP contribution in [0.3, 0.4) is 0 Å². The van der Waals surface area contributed by atoms with Gasteiger partial charge in [-0.3, -0.25) is 0 Å². The van der Waals surface area contributed by atoms with Crippen molar-refractivity contribution in [1.29, 1.82) is 0 Å². The third-order valence-corrected chi connectivity index (χ3v) is 3.45. The van der Waals surface area contributed by atoms with Gasteiger partial charge in [0.05, 0.1) is 5.69 Å². The first-order chi connectivity index (χ1) is 9.70. The summed E-state index contributed by atoms with van der Waals surface area (Å²) in [5, 5.41) is 5.25. The Bertz CT molecular complexity index is 458. The van der Waals surface area contributed by atoms with Gasteiger partial charge in [-0.15, -0.1) is 0 Å². The van der Waals surface area contributed by atoms with Crippen LogP contribution < -0.4 is 15.5 Å². The molecule has 1 aliphatic rings. The minimum absolute atomic E-state index is 0.238. The van der Waals surface area contributed by atoms with Crippen LogP contribution in [0.25, 0.3) is 0 Å². The van der Waals surface area contributed by atoms with Gasteiger partial charge in [0, 0.05) is 25.3 Å². The second kappa shape index (κ2) is 7.12. The zero-order chi connectivity index (χ0) is 14.4. The number of piperidine rings is 1. The van der Waals surface area contributed by atoms with Crippen molar-refractivity contribution in [1.82, 2.24) is 5.32 Å². The van der Waals surface area contributed by atoms with Crippen LogP contribution in [0.1, 0.15) is 32.6 Å². The molecule has 0 saturated carbocycles. The second-order valence-electron chi connectivity index (χ2n) is 5.09. The molecule has 2 amide bonds. The minimum atomic E-state index is -0.405. The van der Waals surface area contributed by atoms with Crippen molar-refractivity contribution in [3.8, 4) is 0 Å². The van der Waals surface area contributed by atoms with Crippen LogP contribution in [0.2, 0.25) is 0 Å². The third kappa shape index (κ3) is 3.85. The van der Waals surface area contributed by atoms with Gasteiger partial charge in [0.2, 0.25) is 0 Å². The molecule has 0 spiro atoms. The largest absolute Gasteiger partial charge is 0.371 e. The van der Waals surface area contributed by atoms with Gasteiger partial charge in [-0.2, -0.15) is 0 Å². The first-order valence-corrected chi connectivity index (χ1v) is 7.30. The zero-order valence-electron chi connectivity index (χ0n) is 11.9. The predicted molar refractivity (Wildman–Crippen MR) is 79.8 cm³/mol. The number of halogens is 1. The molecule has 0 bridgehead atoms. The molecule has 1 aliphatic heterocycles. The van der Waals surface area contributed by atoms with Gasteiger partial charge in [0.25, 0.3) is 0 Å². The molecule has 1 heterocycles. The summed E-state index contributed by atoms with van der Waals surface area (Å²) in [6, 6.07) is 4.54. The van der Waals surface area contributed by atoms with Crippen LogP contribution in [0, 0.1) is 5.82 Å². The van der Waals surface area contributed by atoms with Crippen LogP contribution in [0.15, 0.2) is 18.2 Å². The summed E-state index contributed by atoms with van der Waals surface area (Å²) in [5.41, 5.74) is 1.21. The highest BCUT2D eigenvalue weighted by molar-refractivity contribution is 5.90. The van der Waals surface area contributed by atoms with Gasteiger partial charge >= 0.3 is 6.03 Å². The van der Waals surface area contributed by atoms with Crippen LogP contribution in [0.5, 0.6) is 0 Å². The Morgan fingerprint density at radius 2 is 2.05 bits per heavy atom. The van der Waals surface area contributed by atoms with Gasteiger partial charge in [0.1, 0.15) is 5.82 Å². The Labute approximate surface area is 119 Å². The van der Waals surface area contributed by atoms with E-state index in [1.165, 1.54) is 12.5 Å². The Morgan fingerprint density at radius 1 is 1.30 bits per heavy atom. The number of nitrogens with zero attached hydrogens (tertiary/aromatic N) is 1. The van der Waals surface area contributed by atoms with Gasteiger partial charge < -0.3 is 15.5 Å². The van der Waals surface area contributed by atoms with Crippen molar-refractivity contribution < 1.29 is 9.18 Å². The highest BCUT2D eigenvalue weighted by Gasteiger charge is 2.14. The molecule has 0 atom stereocenters. The molecule has 0 aromatic heterocycles. The van der Waals surface area contributed by atoms with Gasteiger partial charge in [0.15, 0.2) is 0 Å². The quantitative estimate of drug-likeness (QED) is 0.887. The molecule has 1 saturated heterocycles. The number of carbonyl (C=O) groups is 1. The van der Waals surface area contributed by atoms with E-state index in [1.807, 2.05) is 6.92 Å². The second-order valence-corrected chi connectivity index (χ2v) is 5.09. The lowest BCUT2D eigenvalue weighted by Gasteiger charge is -2.29. The number of rotatable bonds is 4. The normalized spacial score (nSPS) is 15.0. The Balaban J connectivity index is 2.05. The molecular weight excluding hydrogens is 257 g/mol. The maximum Gasteiger partial charge on any atom is 0.319 e. The molecular formula is C15H22FN3O. The lowest BCUT2D eigenvalue weighted by molar-refractivity contribution is 0.252. The van der Waals surface area contributed by atoms with E-state index in [2.05, 4.69) is 15.5 Å². The first-order valence-electron chi connectivity index (χ1n) is 7.30. The molecule has 0 unspecified atom stereocenters. The van der Waals surface area contributed by atoms with E-state index in [9.17, 15) is 9.18 Å². The summed E-state index contributed by atoms with van der Waals surface area (Å²) in [6.07, 6.45) is 4.43. The molecule has 1 aromatic carbocycles. The molecule has 110 valence electrons. The van der Waals surface area contributed by atoms with Crippen molar-refractivity contribution in [2.24, 2.45) is 0 Å². The molecule has 0 radical (unpaired) electrons. The smallest absolute Gasteiger partial charge is 0.319 e. The third-order valence-electron chi connectivity index (χ3n) is 3.45. The maximum absolute atomic E-state index is 13.8. The minimum Gasteiger partial charge on any atom is -0.371 e. The monoisotopic (exact) mass is 279 g/mol. The Hall–Kier alpha value is -1.78. The summed E-state index contributed by atoms with van der Waals surface area (Å²) in [5.74, 6) is -0.405. The molecule has 1 aromatic rings. The molecule has 5 heteroatoms. The van der Waals surface area contributed by atoms with Crippen LogP contribution in [-0.2, 0) is 0 Å². The zero-order valence-corrected chi connectivity index (χ0v) is 11.9. The number of nitrogens with one attached hydrogen (secondary N) is 2. The molecule has 4 nitrogen and oxygen atoms in total. The van der Waals surface area contributed by atoms with E-state index < -0.39 is 5.82 Å². The average molecular weight is 279 g/mol. The fraction of sp³-hybridized carbons (Fsp3) is 0.533. The van der Waals surface area contributed by atoms with Crippen molar-refractivity contribution in [3.05, 3.63) is 24.0 Å². The van der Waals surface area contributed by atoms with E-state index in [-0.39, 0.29) is 11.7 Å². The number of urea groups is 1. The number of hydrogen-bond donors (Lipinski definition) is 2. The average Bonchev–Trinajstić information content (AvgIpc) is 2.48. The summed E-state index contributed by atoms with van der Waals surface area (Å²) >= 11 is 0. The molecule has 0 aliphatic carbocycles. The number of carbonyl (C=O) groups excluding carboxylic acids is 1. The van der Waals surface area contributed by atoms with E-state index >= 15 is 0 Å². The summed E-state index contributed by atoms with van der Waals surface area (Å²) in [4.78, 5) is 13.8. The van der Waals surface area contributed by atoms with Crippen molar-refractivity contribution >= 4 is 17.4 Å². The summed E-state index contributed by atoms with van der Waals surface area (Å²) in [6.45, 7) is 4.54. The molecule has 2 rings (SSSR count). The number of anilines is 2. The fourth-order valence-corrected chi connectivity index (χ4v) is 2.36. The summed E-state index contributed by atoms with van der Waals surface area (Å²) in [7, 11) is 0. The Kier molecular flexibility index (Phi) is 5.21. The summed E-state index contributed by atoms with van der Waals surface area (Å²) < 4.78 is 13.8. The molecule has 20 heavy (non-hydrogen) atoms. The van der Waals surface area contributed by atoms with Crippen LogP contribution >= 0.6 is 0 Å². The predicted octanol–water partition coefficient (Wildman–Crippen LogP) is 3.35. The van der Waals surface area contributed by atoms with Crippen molar-refractivity contribution in [2.75, 3.05) is 29.9 Å². The van der Waals surface area contributed by atoms with Gasteiger partial charge in [-0.05, 0) is 43.9 Å². The van der Waals surface area contributed by atoms with Crippen LogP contribution in [0.4, 0.5) is 20.6 Å². The Morgan fingerprint density at radius 3 is 2.75 bits per heavy atom. The van der Waals surface area contributed by atoms with E-state index in [1.54, 1.807) is 12.1 Å². The number of hydrogen-bond acceptors (Lipinski definition) is 2. The van der Waals surface area contributed by atoms with Gasteiger partial charge in [-0.25, -0.2) is 9.18 Å². The number of benzene rings is 1. The lowest BCUT2D eigenvalue weighted by atomic mass is 10.1. The van der Waals surface area contributed by atoms with Gasteiger partial charge in [-0.1, -0.05) is 6.92 Å². The highest BCUT2D eigenvalue weighted by atomic mass is 19.1.